The SMILES string of the molecule is COc1nc(N(C)C)nc([N+]2=C(N)NC(=O)C2)n1. The van der Waals surface area contributed by atoms with Crippen molar-refractivity contribution >= 4 is 23.8 Å². The van der Waals surface area contributed by atoms with Crippen molar-refractivity contribution < 1.29 is 14.1 Å². The number of methoxy groups -OCH3 is 1. The third-order valence-corrected chi connectivity index (χ3v) is 2.28. The quantitative estimate of drug-likeness (QED) is 0.601. The Morgan fingerprint density at radius 2 is 2.11 bits per heavy atom. The molecule has 0 fully saturated rings. The number of nitrogens with two attached hydrogens (primary N) is 1. The molecule has 3 N–H and O–H groups in total. The molecule has 9 heteroatoms. The van der Waals surface area contributed by atoms with Crippen molar-refractivity contribution in [2.75, 3.05) is 32.6 Å². The fraction of sp³-hybridized carbons (Fsp3) is 0.444. The van der Waals surface area contributed by atoms with Crippen molar-refractivity contribution in [2.45, 2.75) is 0 Å². The molecule has 1 aliphatic rings. The highest BCUT2D eigenvalue weighted by Gasteiger charge is 2.28. The largest absolute Gasteiger partial charge is 0.459 e. The lowest BCUT2D eigenvalue weighted by Gasteiger charge is -2.09. The molecule has 2 rings (SSSR count). The topological polar surface area (TPSA) is 109 Å². The molecule has 18 heavy (non-hydrogen) atoms. The zero-order chi connectivity index (χ0) is 13.3. The van der Waals surface area contributed by atoms with Gasteiger partial charge >= 0.3 is 12.0 Å². The standard InChI is InChI=1S/C9H13N7O2/c1-15(2)7-12-8(14-9(13-7)18-3)16-4-5(17)11-6(16)10/h4H2,1-3H3,(H2,10,11,17)/p+1. The van der Waals surface area contributed by atoms with Gasteiger partial charge in [0.05, 0.1) is 7.11 Å². The Morgan fingerprint density at radius 3 is 2.61 bits per heavy atom. The lowest BCUT2D eigenvalue weighted by Crippen LogP contribution is -2.33. The van der Waals surface area contributed by atoms with E-state index >= 15 is 0 Å². The van der Waals surface area contributed by atoms with Gasteiger partial charge < -0.3 is 15.4 Å². The number of ether oxygens (including phenoxy) is 1. The highest BCUT2D eigenvalue weighted by Crippen LogP contribution is 2.15. The van der Waals surface area contributed by atoms with Crippen LogP contribution in [0.3, 0.4) is 0 Å². The first kappa shape index (κ1) is 12.0. The highest BCUT2D eigenvalue weighted by atomic mass is 16.5. The fourth-order valence-corrected chi connectivity index (χ4v) is 1.40. The molecule has 0 aliphatic carbocycles. The van der Waals surface area contributed by atoms with E-state index in [9.17, 15) is 4.79 Å². The van der Waals surface area contributed by atoms with Gasteiger partial charge in [0.1, 0.15) is 6.54 Å². The molecule has 9 nitrogen and oxygen atoms in total. The van der Waals surface area contributed by atoms with Crippen molar-refractivity contribution in [3.8, 4) is 6.01 Å². The van der Waals surface area contributed by atoms with E-state index in [-0.39, 0.29) is 30.4 Å². The van der Waals surface area contributed by atoms with Crippen molar-refractivity contribution in [3.63, 3.8) is 0 Å². The minimum atomic E-state index is -0.210. The molecule has 96 valence electrons. The van der Waals surface area contributed by atoms with Crippen molar-refractivity contribution in [1.29, 1.82) is 0 Å². The van der Waals surface area contributed by atoms with Crippen LogP contribution in [-0.2, 0) is 4.79 Å². The van der Waals surface area contributed by atoms with E-state index in [1.54, 1.807) is 19.0 Å². The van der Waals surface area contributed by atoms with Gasteiger partial charge in [-0.05, 0) is 0 Å². The maximum absolute atomic E-state index is 11.2. The molecule has 0 bridgehead atoms. The molecule has 0 spiro atoms. The Hall–Kier alpha value is -2.45. The summed E-state index contributed by atoms with van der Waals surface area (Å²) in [6.45, 7) is 0.0753. The molecule has 1 aromatic rings. The molecular weight excluding hydrogens is 238 g/mol. The zero-order valence-corrected chi connectivity index (χ0v) is 10.3. The Bertz CT molecular complexity index is 526. The summed E-state index contributed by atoms with van der Waals surface area (Å²) in [7, 11) is 5.04. The normalized spacial score (nSPS) is 14.7. The molecule has 0 saturated carbocycles. The minimum absolute atomic E-state index is 0.0753. The number of nitrogens with one attached hydrogen (secondary N) is 1. The molecule has 0 saturated heterocycles. The molecule has 1 aliphatic heterocycles. The predicted molar refractivity (Wildman–Crippen MR) is 62.8 cm³/mol. The molecule has 0 unspecified atom stereocenters. The number of hydrogen-bond acceptors (Lipinski definition) is 7. The van der Waals surface area contributed by atoms with Crippen LogP contribution in [0.2, 0.25) is 0 Å². The second-order valence-electron chi connectivity index (χ2n) is 3.84. The van der Waals surface area contributed by atoms with Gasteiger partial charge in [-0.3, -0.25) is 4.79 Å². The number of nitrogens with zero attached hydrogens (tertiary/aromatic N) is 5. The summed E-state index contributed by atoms with van der Waals surface area (Å²) in [5.74, 6) is 0.668. The number of hydrogen-bond donors (Lipinski definition) is 2. The van der Waals surface area contributed by atoms with E-state index in [0.717, 1.165) is 0 Å². The average Bonchev–Trinajstić information content (AvgIpc) is 2.67. The average molecular weight is 252 g/mol. The third kappa shape index (κ3) is 2.14. The lowest BCUT2D eigenvalue weighted by atomic mass is 10.6. The lowest BCUT2D eigenvalue weighted by molar-refractivity contribution is -0.431. The van der Waals surface area contributed by atoms with Crippen LogP contribution < -0.4 is 20.7 Å². The highest BCUT2D eigenvalue weighted by molar-refractivity contribution is 5.98. The van der Waals surface area contributed by atoms with E-state index in [1.807, 2.05) is 0 Å². The van der Waals surface area contributed by atoms with Gasteiger partial charge in [-0.15, -0.1) is 4.98 Å². The van der Waals surface area contributed by atoms with Gasteiger partial charge in [0, 0.05) is 14.1 Å². The molecule has 2 heterocycles. The number of guanidine groups is 1. The second kappa shape index (κ2) is 4.43. The molecular formula is C9H14N7O2+. The number of carbonyl (C=O) groups excluding carboxylic acids is 1. The van der Waals surface area contributed by atoms with E-state index in [0.29, 0.717) is 5.95 Å². The molecule has 0 radical (unpaired) electrons. The number of carbonyl (C=O) groups is 1. The van der Waals surface area contributed by atoms with Crippen LogP contribution in [0.25, 0.3) is 0 Å². The summed E-state index contributed by atoms with van der Waals surface area (Å²) in [5, 5.41) is 2.48. The maximum atomic E-state index is 11.2. The van der Waals surface area contributed by atoms with Crippen LogP contribution >= 0.6 is 0 Å². The molecule has 1 aromatic heterocycles. The number of aromatic nitrogens is 3. The van der Waals surface area contributed by atoms with E-state index in [1.165, 1.54) is 11.7 Å². The van der Waals surface area contributed by atoms with Gasteiger partial charge in [-0.2, -0.15) is 0 Å². The summed E-state index contributed by atoms with van der Waals surface area (Å²) >= 11 is 0. The first-order chi connectivity index (χ1) is 8.51. The van der Waals surface area contributed by atoms with E-state index < -0.39 is 0 Å². The van der Waals surface area contributed by atoms with Gasteiger partial charge in [0.25, 0.3) is 17.8 Å². The summed E-state index contributed by atoms with van der Waals surface area (Å²) in [5.41, 5.74) is 5.67. The van der Waals surface area contributed by atoms with Crippen molar-refractivity contribution in [1.82, 2.24) is 20.3 Å². The Balaban J connectivity index is 2.47. The minimum Gasteiger partial charge on any atom is -0.459 e. The van der Waals surface area contributed by atoms with Crippen molar-refractivity contribution in [3.05, 3.63) is 0 Å². The Kier molecular flexibility index (Phi) is 2.96. The first-order valence-electron chi connectivity index (χ1n) is 5.18. The maximum Gasteiger partial charge on any atom is 0.370 e. The summed E-state index contributed by atoms with van der Waals surface area (Å²) in [4.78, 5) is 25.3. The van der Waals surface area contributed by atoms with Crippen molar-refractivity contribution in [2.24, 2.45) is 5.73 Å². The monoisotopic (exact) mass is 252 g/mol. The van der Waals surface area contributed by atoms with Crippen LogP contribution in [0.5, 0.6) is 6.01 Å². The summed E-state index contributed by atoms with van der Waals surface area (Å²) in [6, 6.07) is 0.163. The predicted octanol–water partition coefficient (Wildman–Crippen LogP) is -1.97. The molecule has 1 amide bonds. The van der Waals surface area contributed by atoms with Gasteiger partial charge in [-0.1, -0.05) is 9.97 Å². The van der Waals surface area contributed by atoms with Crippen LogP contribution in [0.4, 0.5) is 11.9 Å². The Morgan fingerprint density at radius 1 is 1.39 bits per heavy atom. The third-order valence-electron chi connectivity index (χ3n) is 2.28. The summed E-state index contributed by atoms with van der Waals surface area (Å²) in [6.07, 6.45) is 0. The van der Waals surface area contributed by atoms with E-state index in [4.69, 9.17) is 10.5 Å². The number of amides is 1. The summed E-state index contributed by atoms with van der Waals surface area (Å²) < 4.78 is 6.45. The van der Waals surface area contributed by atoms with Gasteiger partial charge in [-0.25, -0.2) is 9.89 Å². The molecule has 0 aromatic carbocycles. The van der Waals surface area contributed by atoms with Crippen LogP contribution in [0, 0.1) is 0 Å². The van der Waals surface area contributed by atoms with Crippen LogP contribution in [0.1, 0.15) is 0 Å². The fourth-order valence-electron chi connectivity index (χ4n) is 1.40. The van der Waals surface area contributed by atoms with Gasteiger partial charge in [0.2, 0.25) is 0 Å². The van der Waals surface area contributed by atoms with E-state index in [2.05, 4.69) is 20.3 Å². The molecule has 0 atom stereocenters. The smallest absolute Gasteiger partial charge is 0.370 e. The number of rotatable bonds is 3. The second-order valence-corrected chi connectivity index (χ2v) is 3.84. The Labute approximate surface area is 103 Å². The number of anilines is 1. The van der Waals surface area contributed by atoms with Crippen LogP contribution in [-0.4, -0.2) is 59.1 Å². The zero-order valence-electron chi connectivity index (χ0n) is 10.3. The first-order valence-corrected chi connectivity index (χ1v) is 5.18. The van der Waals surface area contributed by atoms with Crippen LogP contribution in [0.15, 0.2) is 0 Å². The van der Waals surface area contributed by atoms with Gasteiger partial charge in [0.15, 0.2) is 0 Å².